The van der Waals surface area contributed by atoms with Crippen LogP contribution in [-0.2, 0) is 5.41 Å². The fraction of sp³-hybridized carbons (Fsp3) is 0.769. The Hall–Kier alpha value is -0.790. The molecule has 0 aliphatic rings. The largest absolute Gasteiger partial charge is 0.334 e. The third kappa shape index (κ3) is 2.61. The van der Waals surface area contributed by atoms with E-state index in [1.807, 2.05) is 6.33 Å². The monoisotopic (exact) mass is 208 g/mol. The molecule has 0 amide bonds. The molecule has 1 heterocycles. The van der Waals surface area contributed by atoms with Crippen molar-refractivity contribution in [3.8, 4) is 0 Å². The summed E-state index contributed by atoms with van der Waals surface area (Å²) in [5.41, 5.74) is 1.40. The second-order valence-corrected chi connectivity index (χ2v) is 5.43. The van der Waals surface area contributed by atoms with E-state index in [9.17, 15) is 0 Å². The van der Waals surface area contributed by atoms with Gasteiger partial charge in [-0.25, -0.2) is 4.98 Å². The molecular weight excluding hydrogens is 184 g/mol. The van der Waals surface area contributed by atoms with Gasteiger partial charge in [0.25, 0.3) is 0 Å². The van der Waals surface area contributed by atoms with Crippen molar-refractivity contribution < 1.29 is 0 Å². The Morgan fingerprint density at radius 3 is 2.40 bits per heavy atom. The minimum absolute atomic E-state index is 0.196. The van der Waals surface area contributed by atoms with Gasteiger partial charge < -0.3 is 4.57 Å². The van der Waals surface area contributed by atoms with E-state index >= 15 is 0 Å². The molecule has 0 aliphatic heterocycles. The van der Waals surface area contributed by atoms with Crippen molar-refractivity contribution in [2.45, 2.75) is 59.4 Å². The lowest BCUT2D eigenvalue weighted by atomic mass is 9.87. The van der Waals surface area contributed by atoms with Crippen molar-refractivity contribution in [3.63, 3.8) is 0 Å². The maximum absolute atomic E-state index is 4.53. The molecule has 1 atom stereocenters. The highest BCUT2D eigenvalue weighted by Crippen LogP contribution is 2.26. The molecule has 1 aromatic heterocycles. The first kappa shape index (κ1) is 12.3. The highest BCUT2D eigenvalue weighted by Gasteiger charge is 2.21. The summed E-state index contributed by atoms with van der Waals surface area (Å²) in [5.74, 6) is 0.650. The topological polar surface area (TPSA) is 17.8 Å². The molecule has 2 heteroatoms. The zero-order valence-electron chi connectivity index (χ0n) is 10.9. The zero-order chi connectivity index (χ0) is 11.6. The van der Waals surface area contributed by atoms with Crippen LogP contribution < -0.4 is 0 Å². The Balaban J connectivity index is 2.90. The molecule has 15 heavy (non-hydrogen) atoms. The molecule has 1 unspecified atom stereocenters. The Bertz CT molecular complexity index is 310. The van der Waals surface area contributed by atoms with E-state index < -0.39 is 0 Å². The SMILES string of the molecule is CCC(C)(C)c1cn(C(C)C(C)C)cn1. The maximum Gasteiger partial charge on any atom is 0.0952 e. The Morgan fingerprint density at radius 2 is 1.93 bits per heavy atom. The van der Waals surface area contributed by atoms with Crippen LogP contribution in [0.4, 0.5) is 0 Å². The summed E-state index contributed by atoms with van der Waals surface area (Å²) in [6.07, 6.45) is 5.30. The van der Waals surface area contributed by atoms with E-state index in [0.29, 0.717) is 12.0 Å². The van der Waals surface area contributed by atoms with Crippen LogP contribution in [0, 0.1) is 5.92 Å². The molecule has 1 rings (SSSR count). The molecule has 0 spiro atoms. The molecule has 2 nitrogen and oxygen atoms in total. The lowest BCUT2D eigenvalue weighted by molar-refractivity contribution is 0.406. The molecule has 0 saturated carbocycles. The second kappa shape index (κ2) is 4.38. The van der Waals surface area contributed by atoms with E-state index in [1.165, 1.54) is 5.69 Å². The fourth-order valence-electron chi connectivity index (χ4n) is 1.43. The minimum Gasteiger partial charge on any atom is -0.334 e. The summed E-state index contributed by atoms with van der Waals surface area (Å²) >= 11 is 0. The van der Waals surface area contributed by atoms with Gasteiger partial charge in [0, 0.05) is 17.7 Å². The van der Waals surface area contributed by atoms with Gasteiger partial charge in [-0.1, -0.05) is 34.6 Å². The minimum atomic E-state index is 0.196. The van der Waals surface area contributed by atoms with Crippen molar-refractivity contribution in [3.05, 3.63) is 18.2 Å². The van der Waals surface area contributed by atoms with Gasteiger partial charge in [0.05, 0.1) is 12.0 Å². The first-order chi connectivity index (χ1) is 6.88. The van der Waals surface area contributed by atoms with Crippen LogP contribution in [0.15, 0.2) is 12.5 Å². The smallest absolute Gasteiger partial charge is 0.0952 e. The number of nitrogens with zero attached hydrogens (tertiary/aromatic N) is 2. The predicted octanol–water partition coefficient (Wildman–Crippen LogP) is 3.79. The van der Waals surface area contributed by atoms with Gasteiger partial charge in [0.1, 0.15) is 0 Å². The maximum atomic E-state index is 4.53. The molecular formula is C13H24N2. The summed E-state index contributed by atoms with van der Waals surface area (Å²) < 4.78 is 2.23. The van der Waals surface area contributed by atoms with Crippen LogP contribution >= 0.6 is 0 Å². The average Bonchev–Trinajstić information content (AvgIpc) is 2.65. The molecule has 0 radical (unpaired) electrons. The van der Waals surface area contributed by atoms with Crippen LogP contribution in [0.2, 0.25) is 0 Å². The zero-order valence-corrected chi connectivity index (χ0v) is 10.9. The average molecular weight is 208 g/mol. The van der Waals surface area contributed by atoms with Crippen LogP contribution in [0.5, 0.6) is 0 Å². The molecule has 86 valence electrons. The van der Waals surface area contributed by atoms with E-state index in [2.05, 4.69) is 57.3 Å². The second-order valence-electron chi connectivity index (χ2n) is 5.43. The highest BCUT2D eigenvalue weighted by atomic mass is 15.1. The Labute approximate surface area is 93.7 Å². The van der Waals surface area contributed by atoms with Crippen LogP contribution in [0.1, 0.15) is 59.7 Å². The standard InChI is InChI=1S/C13H24N2/c1-7-13(5,6)12-8-15(9-14-12)11(4)10(2)3/h8-11H,7H2,1-6H3. The van der Waals surface area contributed by atoms with Gasteiger partial charge in [-0.2, -0.15) is 0 Å². The van der Waals surface area contributed by atoms with Crippen molar-refractivity contribution in [2.75, 3.05) is 0 Å². The normalized spacial score (nSPS) is 14.6. The number of imidazole rings is 1. The summed E-state index contributed by atoms with van der Waals surface area (Å²) in [6.45, 7) is 13.4. The number of aromatic nitrogens is 2. The first-order valence-corrected chi connectivity index (χ1v) is 5.92. The van der Waals surface area contributed by atoms with Gasteiger partial charge in [-0.05, 0) is 19.3 Å². The third-order valence-corrected chi connectivity index (χ3v) is 3.61. The van der Waals surface area contributed by atoms with Gasteiger partial charge in [-0.15, -0.1) is 0 Å². The van der Waals surface area contributed by atoms with Crippen LogP contribution in [0.3, 0.4) is 0 Å². The van der Waals surface area contributed by atoms with E-state index in [1.54, 1.807) is 0 Å². The summed E-state index contributed by atoms with van der Waals surface area (Å²) in [7, 11) is 0. The molecule has 0 saturated heterocycles. The van der Waals surface area contributed by atoms with Gasteiger partial charge >= 0.3 is 0 Å². The lowest BCUT2D eigenvalue weighted by Crippen LogP contribution is -2.16. The number of hydrogen-bond donors (Lipinski definition) is 0. The predicted molar refractivity (Wildman–Crippen MR) is 65.1 cm³/mol. The van der Waals surface area contributed by atoms with E-state index in [4.69, 9.17) is 0 Å². The Kier molecular flexibility index (Phi) is 3.58. The molecule has 0 aliphatic carbocycles. The quantitative estimate of drug-likeness (QED) is 0.736. The summed E-state index contributed by atoms with van der Waals surface area (Å²) in [4.78, 5) is 4.53. The summed E-state index contributed by atoms with van der Waals surface area (Å²) in [5, 5.41) is 0. The van der Waals surface area contributed by atoms with Crippen LogP contribution in [0.25, 0.3) is 0 Å². The van der Waals surface area contributed by atoms with E-state index in [-0.39, 0.29) is 5.41 Å². The molecule has 0 bridgehead atoms. The Morgan fingerprint density at radius 1 is 1.33 bits per heavy atom. The van der Waals surface area contributed by atoms with Gasteiger partial charge in [0.2, 0.25) is 0 Å². The van der Waals surface area contributed by atoms with Crippen LogP contribution in [-0.4, -0.2) is 9.55 Å². The van der Waals surface area contributed by atoms with E-state index in [0.717, 1.165) is 6.42 Å². The summed E-state index contributed by atoms with van der Waals surface area (Å²) in [6, 6.07) is 0.527. The number of hydrogen-bond acceptors (Lipinski definition) is 1. The van der Waals surface area contributed by atoms with Crippen molar-refractivity contribution >= 4 is 0 Å². The molecule has 0 aromatic carbocycles. The molecule has 0 fully saturated rings. The first-order valence-electron chi connectivity index (χ1n) is 5.92. The van der Waals surface area contributed by atoms with Gasteiger partial charge in [-0.3, -0.25) is 0 Å². The van der Waals surface area contributed by atoms with Crippen molar-refractivity contribution in [1.82, 2.24) is 9.55 Å². The lowest BCUT2D eigenvalue weighted by Gasteiger charge is -2.20. The van der Waals surface area contributed by atoms with Crippen molar-refractivity contribution in [2.24, 2.45) is 5.92 Å². The number of rotatable bonds is 4. The molecule has 1 aromatic rings. The third-order valence-electron chi connectivity index (χ3n) is 3.61. The molecule has 0 N–H and O–H groups in total. The van der Waals surface area contributed by atoms with Gasteiger partial charge in [0.15, 0.2) is 0 Å². The fourth-order valence-corrected chi connectivity index (χ4v) is 1.43. The van der Waals surface area contributed by atoms with Crippen molar-refractivity contribution in [1.29, 1.82) is 0 Å². The highest BCUT2D eigenvalue weighted by molar-refractivity contribution is 5.11.